The van der Waals surface area contributed by atoms with Crippen molar-refractivity contribution >= 4 is 11.5 Å². The molecule has 1 saturated carbocycles. The average Bonchev–Trinajstić information content (AvgIpc) is 2.64. The Kier molecular flexibility index (Phi) is 6.16. The van der Waals surface area contributed by atoms with Crippen LogP contribution in [-0.4, -0.2) is 71.8 Å². The SMILES string of the molecule is C=CN=C1C(=C)CCCC1N(C)Cc1cc(N2CCN(C)CC2)ncn1. The minimum absolute atomic E-state index is 0.274. The van der Waals surface area contributed by atoms with Gasteiger partial charge in [0, 0.05) is 45.0 Å². The predicted molar refractivity (Wildman–Crippen MR) is 108 cm³/mol. The smallest absolute Gasteiger partial charge is 0.132 e. The third-order valence-corrected chi connectivity index (χ3v) is 5.34. The molecule has 0 spiro atoms. The van der Waals surface area contributed by atoms with Crippen LogP contribution in [0.4, 0.5) is 5.82 Å². The third-order valence-electron chi connectivity index (χ3n) is 5.34. The Labute approximate surface area is 156 Å². The fourth-order valence-electron chi connectivity index (χ4n) is 3.76. The number of rotatable bonds is 5. The van der Waals surface area contributed by atoms with E-state index in [4.69, 9.17) is 0 Å². The van der Waals surface area contributed by atoms with Gasteiger partial charge in [-0.1, -0.05) is 13.2 Å². The monoisotopic (exact) mass is 354 g/mol. The number of hydrogen-bond donors (Lipinski definition) is 0. The van der Waals surface area contributed by atoms with Crippen molar-refractivity contribution in [1.29, 1.82) is 0 Å². The highest BCUT2D eigenvalue weighted by Gasteiger charge is 2.27. The summed E-state index contributed by atoms with van der Waals surface area (Å²) in [6.45, 7) is 12.9. The summed E-state index contributed by atoms with van der Waals surface area (Å²) in [5, 5.41) is 0. The molecule has 3 rings (SSSR count). The highest BCUT2D eigenvalue weighted by molar-refractivity contribution is 6.04. The lowest BCUT2D eigenvalue weighted by Crippen LogP contribution is -2.45. The van der Waals surface area contributed by atoms with Crippen molar-refractivity contribution in [2.75, 3.05) is 45.2 Å². The number of aromatic nitrogens is 2. The lowest BCUT2D eigenvalue weighted by molar-refractivity contribution is 0.265. The molecule has 0 N–H and O–H groups in total. The average molecular weight is 355 g/mol. The Morgan fingerprint density at radius 2 is 2.08 bits per heavy atom. The van der Waals surface area contributed by atoms with Gasteiger partial charge in [-0.3, -0.25) is 9.89 Å². The van der Waals surface area contributed by atoms with Gasteiger partial charge < -0.3 is 9.80 Å². The van der Waals surface area contributed by atoms with E-state index in [1.54, 1.807) is 12.5 Å². The third kappa shape index (κ3) is 4.37. The highest BCUT2D eigenvalue weighted by atomic mass is 15.3. The maximum atomic E-state index is 4.50. The van der Waals surface area contributed by atoms with Crippen LogP contribution in [0.15, 0.2) is 42.3 Å². The van der Waals surface area contributed by atoms with E-state index in [2.05, 4.69) is 63.0 Å². The minimum Gasteiger partial charge on any atom is -0.354 e. The predicted octanol–water partition coefficient (Wildman–Crippen LogP) is 2.35. The van der Waals surface area contributed by atoms with E-state index < -0.39 is 0 Å². The summed E-state index contributed by atoms with van der Waals surface area (Å²) in [6.07, 6.45) is 6.59. The topological polar surface area (TPSA) is 47.9 Å². The van der Waals surface area contributed by atoms with Gasteiger partial charge in [0.15, 0.2) is 0 Å². The molecule has 0 aromatic carbocycles. The van der Waals surface area contributed by atoms with Crippen LogP contribution in [-0.2, 0) is 6.54 Å². The van der Waals surface area contributed by atoms with Crippen LogP contribution in [0, 0.1) is 0 Å². The zero-order chi connectivity index (χ0) is 18.5. The van der Waals surface area contributed by atoms with Gasteiger partial charge in [-0.25, -0.2) is 9.97 Å². The molecule has 6 heteroatoms. The number of piperazine rings is 1. The molecular formula is C20H30N6. The second kappa shape index (κ2) is 8.56. The van der Waals surface area contributed by atoms with Crippen molar-refractivity contribution in [3.63, 3.8) is 0 Å². The van der Waals surface area contributed by atoms with Crippen LogP contribution < -0.4 is 4.90 Å². The number of aliphatic imine (C=N–C) groups is 1. The molecule has 0 bridgehead atoms. The van der Waals surface area contributed by atoms with Crippen LogP contribution in [0.5, 0.6) is 0 Å². The van der Waals surface area contributed by atoms with E-state index in [-0.39, 0.29) is 6.04 Å². The first-order valence-corrected chi connectivity index (χ1v) is 9.40. The zero-order valence-electron chi connectivity index (χ0n) is 16.1. The fourth-order valence-corrected chi connectivity index (χ4v) is 3.76. The summed E-state index contributed by atoms with van der Waals surface area (Å²) in [5.74, 6) is 1.03. The largest absolute Gasteiger partial charge is 0.354 e. The lowest BCUT2D eigenvalue weighted by Gasteiger charge is -2.34. The van der Waals surface area contributed by atoms with E-state index in [0.717, 1.165) is 74.8 Å². The molecular weight excluding hydrogens is 324 g/mol. The van der Waals surface area contributed by atoms with Crippen molar-refractivity contribution in [2.45, 2.75) is 31.8 Å². The van der Waals surface area contributed by atoms with Crippen molar-refractivity contribution in [2.24, 2.45) is 4.99 Å². The van der Waals surface area contributed by atoms with Gasteiger partial charge in [0.2, 0.25) is 0 Å². The molecule has 1 unspecified atom stereocenters. The number of hydrogen-bond acceptors (Lipinski definition) is 6. The Hall–Kier alpha value is -2.05. The Morgan fingerprint density at radius 3 is 2.81 bits per heavy atom. The number of anilines is 1. The van der Waals surface area contributed by atoms with Crippen molar-refractivity contribution < 1.29 is 0 Å². The van der Waals surface area contributed by atoms with Gasteiger partial charge in [0.05, 0.1) is 17.4 Å². The molecule has 1 aromatic rings. The van der Waals surface area contributed by atoms with Crippen LogP contribution in [0.25, 0.3) is 0 Å². The minimum atomic E-state index is 0.274. The van der Waals surface area contributed by atoms with Crippen LogP contribution in [0.2, 0.25) is 0 Å². The molecule has 6 nitrogen and oxygen atoms in total. The molecule has 26 heavy (non-hydrogen) atoms. The summed E-state index contributed by atoms with van der Waals surface area (Å²) in [6, 6.07) is 2.40. The summed E-state index contributed by atoms with van der Waals surface area (Å²) < 4.78 is 0. The summed E-state index contributed by atoms with van der Waals surface area (Å²) in [4.78, 5) is 20.5. The van der Waals surface area contributed by atoms with E-state index in [0.29, 0.717) is 0 Å². The summed E-state index contributed by atoms with van der Waals surface area (Å²) in [7, 11) is 4.30. The quantitative estimate of drug-likeness (QED) is 0.812. The van der Waals surface area contributed by atoms with Gasteiger partial charge in [-0.15, -0.1) is 0 Å². The van der Waals surface area contributed by atoms with Gasteiger partial charge >= 0.3 is 0 Å². The molecule has 140 valence electrons. The number of nitrogens with zero attached hydrogens (tertiary/aromatic N) is 6. The van der Waals surface area contributed by atoms with Gasteiger partial charge in [-0.05, 0) is 38.9 Å². The fraction of sp³-hybridized carbons (Fsp3) is 0.550. The van der Waals surface area contributed by atoms with Gasteiger partial charge in [0.1, 0.15) is 12.1 Å². The Bertz CT molecular complexity index is 675. The zero-order valence-corrected chi connectivity index (χ0v) is 16.1. The van der Waals surface area contributed by atoms with Gasteiger partial charge in [0.25, 0.3) is 0 Å². The molecule has 1 saturated heterocycles. The van der Waals surface area contributed by atoms with Crippen LogP contribution in [0.3, 0.4) is 0 Å². The molecule has 0 amide bonds. The lowest BCUT2D eigenvalue weighted by atomic mass is 9.88. The maximum absolute atomic E-state index is 4.50. The molecule has 0 radical (unpaired) electrons. The maximum Gasteiger partial charge on any atom is 0.132 e. The van der Waals surface area contributed by atoms with Crippen molar-refractivity contribution in [1.82, 2.24) is 19.8 Å². The van der Waals surface area contributed by atoms with Crippen LogP contribution in [0.1, 0.15) is 25.0 Å². The molecule has 1 aliphatic heterocycles. The molecule has 1 atom stereocenters. The second-order valence-electron chi connectivity index (χ2n) is 7.28. The molecule has 2 aliphatic rings. The molecule has 2 fully saturated rings. The van der Waals surface area contributed by atoms with Crippen LogP contribution >= 0.6 is 0 Å². The first-order chi connectivity index (χ1) is 12.6. The first kappa shape index (κ1) is 18.7. The highest BCUT2D eigenvalue weighted by Crippen LogP contribution is 2.25. The summed E-state index contributed by atoms with van der Waals surface area (Å²) in [5.41, 5.74) is 3.25. The molecule has 1 aliphatic carbocycles. The molecule has 2 heterocycles. The molecule has 1 aromatic heterocycles. The first-order valence-electron chi connectivity index (χ1n) is 9.40. The normalized spacial score (nSPS) is 23.7. The van der Waals surface area contributed by atoms with E-state index in [1.165, 1.54) is 0 Å². The van der Waals surface area contributed by atoms with E-state index in [9.17, 15) is 0 Å². The number of likely N-dealkylation sites (N-methyl/N-ethyl adjacent to an activating group) is 1. The second-order valence-corrected chi connectivity index (χ2v) is 7.28. The van der Waals surface area contributed by atoms with Gasteiger partial charge in [-0.2, -0.15) is 0 Å². The Balaban J connectivity index is 1.70. The summed E-state index contributed by atoms with van der Waals surface area (Å²) >= 11 is 0. The Morgan fingerprint density at radius 1 is 1.31 bits per heavy atom. The van der Waals surface area contributed by atoms with Crippen molar-refractivity contribution in [3.8, 4) is 0 Å². The van der Waals surface area contributed by atoms with E-state index in [1.807, 2.05) is 0 Å². The van der Waals surface area contributed by atoms with E-state index >= 15 is 0 Å². The van der Waals surface area contributed by atoms with Crippen molar-refractivity contribution in [3.05, 3.63) is 43.0 Å². The standard InChI is InChI=1S/C20H30N6/c1-5-21-20-16(2)7-6-8-18(20)25(4)14-17-13-19(23-15-22-17)26-11-9-24(3)10-12-26/h5,13,15,18H,1-2,6-12,14H2,3-4H3.